The van der Waals surface area contributed by atoms with Crippen molar-refractivity contribution < 1.29 is 14.3 Å². The van der Waals surface area contributed by atoms with Gasteiger partial charge in [-0.1, -0.05) is 18.2 Å². The number of aromatic nitrogens is 2. The lowest BCUT2D eigenvalue weighted by Crippen LogP contribution is -2.27. The summed E-state index contributed by atoms with van der Waals surface area (Å²) in [5.41, 5.74) is 3.90. The lowest BCUT2D eigenvalue weighted by molar-refractivity contribution is 0.0946. The minimum Gasteiger partial charge on any atom is -0.497 e. The average molecular weight is 391 g/mol. The highest BCUT2D eigenvalue weighted by atomic mass is 16.5. The van der Waals surface area contributed by atoms with E-state index in [1.807, 2.05) is 49.0 Å². The Balaban J connectivity index is 1.54. The van der Waals surface area contributed by atoms with Crippen molar-refractivity contribution in [2.75, 3.05) is 20.8 Å². The van der Waals surface area contributed by atoms with Crippen molar-refractivity contribution in [1.29, 1.82) is 0 Å². The van der Waals surface area contributed by atoms with Crippen molar-refractivity contribution in [2.24, 2.45) is 14.1 Å². The third kappa shape index (κ3) is 3.31. The van der Waals surface area contributed by atoms with E-state index in [1.54, 1.807) is 14.2 Å². The van der Waals surface area contributed by atoms with E-state index >= 15 is 0 Å². The molecule has 2 aromatic heterocycles. The molecule has 0 saturated heterocycles. The second kappa shape index (κ2) is 7.54. The Hall–Kier alpha value is -3.41. The molecule has 6 nitrogen and oxygen atoms in total. The van der Waals surface area contributed by atoms with Crippen LogP contribution in [0.15, 0.2) is 48.7 Å². The number of rotatable bonds is 6. The van der Waals surface area contributed by atoms with Gasteiger partial charge >= 0.3 is 0 Å². The standard InChI is InChI=1S/C23H25N3O3/c1-25-14-15(17-7-5-6-8-19(17)25)9-10-24-23(27)21-13-18-20(26(21)2)11-16(28-3)12-22(18)29-4/h5-8,11-14H,9-10H2,1-4H3,(H,24,27). The average Bonchev–Trinajstić information content (AvgIpc) is 3.25. The van der Waals surface area contributed by atoms with Gasteiger partial charge in [0.25, 0.3) is 5.91 Å². The largest absolute Gasteiger partial charge is 0.497 e. The van der Waals surface area contributed by atoms with Crippen LogP contribution in [0.2, 0.25) is 0 Å². The van der Waals surface area contributed by atoms with Crippen LogP contribution >= 0.6 is 0 Å². The number of nitrogens with zero attached hydrogens (tertiary/aromatic N) is 2. The Morgan fingerprint density at radius 3 is 2.55 bits per heavy atom. The van der Waals surface area contributed by atoms with Crippen molar-refractivity contribution in [1.82, 2.24) is 14.5 Å². The van der Waals surface area contributed by atoms with Gasteiger partial charge in [-0.2, -0.15) is 0 Å². The molecular weight excluding hydrogens is 366 g/mol. The van der Waals surface area contributed by atoms with Crippen LogP contribution in [0.1, 0.15) is 16.1 Å². The highest BCUT2D eigenvalue weighted by Gasteiger charge is 2.17. The minimum atomic E-state index is -0.107. The lowest BCUT2D eigenvalue weighted by atomic mass is 10.1. The third-order valence-corrected chi connectivity index (χ3v) is 5.45. The number of para-hydroxylation sites is 1. The molecule has 2 aromatic carbocycles. The molecule has 1 N–H and O–H groups in total. The molecule has 0 aliphatic heterocycles. The number of aryl methyl sites for hydroxylation is 2. The number of carbonyl (C=O) groups is 1. The molecule has 29 heavy (non-hydrogen) atoms. The molecule has 0 aliphatic carbocycles. The number of nitrogens with one attached hydrogen (secondary N) is 1. The molecule has 2 heterocycles. The van der Waals surface area contributed by atoms with Gasteiger partial charge < -0.3 is 23.9 Å². The molecule has 6 heteroatoms. The van der Waals surface area contributed by atoms with Crippen LogP contribution in [-0.2, 0) is 20.5 Å². The Labute approximate surface area is 169 Å². The fourth-order valence-electron chi connectivity index (χ4n) is 3.90. The number of ether oxygens (including phenoxy) is 2. The zero-order chi connectivity index (χ0) is 20.5. The van der Waals surface area contributed by atoms with Gasteiger partial charge in [-0.15, -0.1) is 0 Å². The summed E-state index contributed by atoms with van der Waals surface area (Å²) in [6.45, 7) is 0.564. The first-order chi connectivity index (χ1) is 14.0. The first-order valence-electron chi connectivity index (χ1n) is 9.56. The second-order valence-electron chi connectivity index (χ2n) is 7.14. The maximum Gasteiger partial charge on any atom is 0.267 e. The molecule has 4 rings (SSSR count). The maximum atomic E-state index is 12.8. The lowest BCUT2D eigenvalue weighted by Gasteiger charge is -2.08. The monoisotopic (exact) mass is 391 g/mol. The second-order valence-corrected chi connectivity index (χ2v) is 7.14. The summed E-state index contributed by atoms with van der Waals surface area (Å²) in [5, 5.41) is 5.16. The quantitative estimate of drug-likeness (QED) is 0.546. The summed E-state index contributed by atoms with van der Waals surface area (Å²) in [6.07, 6.45) is 2.90. The van der Waals surface area contributed by atoms with Gasteiger partial charge in [0.15, 0.2) is 0 Å². The van der Waals surface area contributed by atoms with Gasteiger partial charge in [-0.25, -0.2) is 0 Å². The van der Waals surface area contributed by atoms with Crippen LogP contribution in [0.5, 0.6) is 11.5 Å². The van der Waals surface area contributed by atoms with Gasteiger partial charge in [0.2, 0.25) is 0 Å². The predicted octanol–water partition coefficient (Wildman–Crippen LogP) is 3.66. The molecular formula is C23H25N3O3. The normalized spacial score (nSPS) is 11.2. The van der Waals surface area contributed by atoms with Gasteiger partial charge in [-0.3, -0.25) is 4.79 Å². The van der Waals surface area contributed by atoms with E-state index in [0.29, 0.717) is 23.7 Å². The SMILES string of the molecule is COc1cc(OC)c2cc(C(=O)NCCc3cn(C)c4ccccc34)n(C)c2c1. The summed E-state index contributed by atoms with van der Waals surface area (Å²) in [4.78, 5) is 12.8. The summed E-state index contributed by atoms with van der Waals surface area (Å²) >= 11 is 0. The molecule has 0 unspecified atom stereocenters. The Morgan fingerprint density at radius 1 is 1.00 bits per heavy atom. The van der Waals surface area contributed by atoms with E-state index in [9.17, 15) is 4.79 Å². The molecule has 0 atom stereocenters. The van der Waals surface area contributed by atoms with E-state index < -0.39 is 0 Å². The molecule has 0 fully saturated rings. The summed E-state index contributed by atoms with van der Waals surface area (Å²) in [7, 11) is 7.15. The molecule has 0 radical (unpaired) electrons. The Morgan fingerprint density at radius 2 is 1.79 bits per heavy atom. The number of hydrogen-bond donors (Lipinski definition) is 1. The van der Waals surface area contributed by atoms with E-state index in [4.69, 9.17) is 9.47 Å². The van der Waals surface area contributed by atoms with Crippen molar-refractivity contribution in [3.8, 4) is 11.5 Å². The molecule has 1 amide bonds. The number of fused-ring (bicyclic) bond motifs is 2. The van der Waals surface area contributed by atoms with E-state index in [2.05, 4.69) is 28.2 Å². The predicted molar refractivity (Wildman–Crippen MR) is 115 cm³/mol. The first-order valence-corrected chi connectivity index (χ1v) is 9.56. The highest BCUT2D eigenvalue weighted by Crippen LogP contribution is 2.33. The summed E-state index contributed by atoms with van der Waals surface area (Å²) in [6, 6.07) is 13.9. The Kier molecular flexibility index (Phi) is 4.92. The van der Waals surface area contributed by atoms with Gasteiger partial charge in [0.05, 0.1) is 19.7 Å². The van der Waals surface area contributed by atoms with Crippen LogP contribution in [0.25, 0.3) is 21.8 Å². The molecule has 150 valence electrons. The number of benzene rings is 2. The smallest absolute Gasteiger partial charge is 0.267 e. The molecule has 0 aliphatic rings. The van der Waals surface area contributed by atoms with Crippen LogP contribution in [0.3, 0.4) is 0 Å². The number of carbonyl (C=O) groups excluding carboxylic acids is 1. The van der Waals surface area contributed by atoms with E-state index in [1.165, 1.54) is 16.5 Å². The zero-order valence-corrected chi connectivity index (χ0v) is 17.2. The summed E-state index contributed by atoms with van der Waals surface area (Å²) < 4.78 is 14.8. The van der Waals surface area contributed by atoms with Crippen LogP contribution in [0, 0.1) is 0 Å². The van der Waals surface area contributed by atoms with Gasteiger partial charge in [-0.05, 0) is 24.1 Å². The summed E-state index contributed by atoms with van der Waals surface area (Å²) in [5.74, 6) is 1.27. The van der Waals surface area contributed by atoms with Crippen LogP contribution in [0.4, 0.5) is 0 Å². The van der Waals surface area contributed by atoms with Gasteiger partial charge in [0.1, 0.15) is 17.2 Å². The molecule has 0 saturated carbocycles. The van der Waals surface area contributed by atoms with Crippen molar-refractivity contribution in [3.05, 3.63) is 59.9 Å². The van der Waals surface area contributed by atoms with Crippen molar-refractivity contribution >= 4 is 27.7 Å². The third-order valence-electron chi connectivity index (χ3n) is 5.45. The first kappa shape index (κ1) is 18.9. The fourth-order valence-corrected chi connectivity index (χ4v) is 3.90. The molecule has 0 spiro atoms. The number of hydrogen-bond acceptors (Lipinski definition) is 3. The maximum absolute atomic E-state index is 12.8. The minimum absolute atomic E-state index is 0.107. The van der Waals surface area contributed by atoms with Crippen molar-refractivity contribution in [2.45, 2.75) is 6.42 Å². The molecule has 4 aromatic rings. The highest BCUT2D eigenvalue weighted by molar-refractivity contribution is 6.00. The Bertz CT molecular complexity index is 1200. The van der Waals surface area contributed by atoms with Gasteiger partial charge in [0, 0.05) is 55.3 Å². The number of methoxy groups -OCH3 is 2. The fraction of sp³-hybridized carbons (Fsp3) is 0.261. The zero-order valence-electron chi connectivity index (χ0n) is 17.2. The van der Waals surface area contributed by atoms with Crippen LogP contribution in [-0.4, -0.2) is 35.8 Å². The molecule has 0 bridgehead atoms. The van der Waals surface area contributed by atoms with Crippen molar-refractivity contribution in [3.63, 3.8) is 0 Å². The van der Waals surface area contributed by atoms with E-state index in [0.717, 1.165) is 17.3 Å². The number of amides is 1. The van der Waals surface area contributed by atoms with Crippen LogP contribution < -0.4 is 14.8 Å². The van der Waals surface area contributed by atoms with E-state index in [-0.39, 0.29) is 5.91 Å². The topological polar surface area (TPSA) is 57.4 Å².